The van der Waals surface area contributed by atoms with E-state index in [0.717, 1.165) is 6.42 Å². The average Bonchev–Trinajstić information content (AvgIpc) is 2.27. The molecule has 0 aromatic heterocycles. The second-order valence-corrected chi connectivity index (χ2v) is 7.14. The van der Waals surface area contributed by atoms with Crippen molar-refractivity contribution in [3.63, 3.8) is 0 Å². The van der Waals surface area contributed by atoms with Gasteiger partial charge in [-0.2, -0.15) is 0 Å². The maximum atomic E-state index is 10.7. The zero-order valence-electron chi connectivity index (χ0n) is 12.8. The van der Waals surface area contributed by atoms with Crippen LogP contribution in [0.2, 0.25) is 0 Å². The topological polar surface area (TPSA) is 20.2 Å². The highest BCUT2D eigenvalue weighted by atomic mass is 16.3. The molecule has 1 aromatic rings. The first-order valence-electron chi connectivity index (χ1n) is 7.64. The van der Waals surface area contributed by atoms with Gasteiger partial charge in [0.05, 0.1) is 6.10 Å². The molecular weight excluding hydrogens is 232 g/mol. The standard InChI is InChI=1S/C18H28O/c1-13-7-5-9-15(11-13)12-16(19)17-14(2)8-6-10-18(17,3)4/h5,7,9,11,14,16-17,19H,6,8,10,12H2,1-4H3/t14-,16+,17?/m0/s1. The molecule has 0 radical (unpaired) electrons. The van der Waals surface area contributed by atoms with Crippen LogP contribution in [0.5, 0.6) is 0 Å². The Balaban J connectivity index is 2.11. The van der Waals surface area contributed by atoms with Crippen molar-refractivity contribution in [1.82, 2.24) is 0 Å². The summed E-state index contributed by atoms with van der Waals surface area (Å²) in [5.41, 5.74) is 2.81. The van der Waals surface area contributed by atoms with Crippen LogP contribution < -0.4 is 0 Å². The maximum absolute atomic E-state index is 10.7. The van der Waals surface area contributed by atoms with Gasteiger partial charge >= 0.3 is 0 Å². The molecular formula is C18H28O. The molecule has 19 heavy (non-hydrogen) atoms. The molecule has 1 aliphatic carbocycles. The third-order valence-electron chi connectivity index (χ3n) is 4.94. The van der Waals surface area contributed by atoms with Crippen molar-refractivity contribution in [3.05, 3.63) is 35.4 Å². The van der Waals surface area contributed by atoms with Gasteiger partial charge < -0.3 is 5.11 Å². The molecule has 1 saturated carbocycles. The predicted molar refractivity (Wildman–Crippen MR) is 81.2 cm³/mol. The highest BCUT2D eigenvalue weighted by Crippen LogP contribution is 2.46. The van der Waals surface area contributed by atoms with E-state index in [1.54, 1.807) is 0 Å². The van der Waals surface area contributed by atoms with Crippen molar-refractivity contribution in [2.45, 2.75) is 59.5 Å². The first-order valence-corrected chi connectivity index (χ1v) is 7.64. The summed E-state index contributed by atoms with van der Waals surface area (Å²) in [6.07, 6.45) is 4.39. The summed E-state index contributed by atoms with van der Waals surface area (Å²) in [5.74, 6) is 1.05. The van der Waals surface area contributed by atoms with E-state index in [0.29, 0.717) is 11.8 Å². The van der Waals surface area contributed by atoms with Gasteiger partial charge in [0.15, 0.2) is 0 Å². The van der Waals surface area contributed by atoms with Crippen LogP contribution in [-0.4, -0.2) is 11.2 Å². The predicted octanol–water partition coefficient (Wildman–Crippen LogP) is 4.36. The van der Waals surface area contributed by atoms with Gasteiger partial charge in [-0.05, 0) is 42.6 Å². The smallest absolute Gasteiger partial charge is 0.0616 e. The summed E-state index contributed by atoms with van der Waals surface area (Å²) in [6.45, 7) is 9.08. The van der Waals surface area contributed by atoms with E-state index in [-0.39, 0.29) is 11.5 Å². The molecule has 0 spiro atoms. The molecule has 2 rings (SSSR count). The van der Waals surface area contributed by atoms with Gasteiger partial charge in [-0.1, -0.05) is 63.4 Å². The minimum Gasteiger partial charge on any atom is -0.392 e. The fraction of sp³-hybridized carbons (Fsp3) is 0.667. The fourth-order valence-electron chi connectivity index (χ4n) is 4.10. The van der Waals surface area contributed by atoms with Crippen molar-refractivity contribution < 1.29 is 5.11 Å². The Bertz CT molecular complexity index is 421. The lowest BCUT2D eigenvalue weighted by Gasteiger charge is -2.45. The molecule has 1 aromatic carbocycles. The summed E-state index contributed by atoms with van der Waals surface area (Å²) < 4.78 is 0. The van der Waals surface area contributed by atoms with Crippen LogP contribution in [0.3, 0.4) is 0 Å². The second-order valence-electron chi connectivity index (χ2n) is 7.14. The van der Waals surface area contributed by atoms with Gasteiger partial charge in [-0.15, -0.1) is 0 Å². The van der Waals surface area contributed by atoms with E-state index in [1.807, 2.05) is 0 Å². The number of aliphatic hydroxyl groups is 1. The molecule has 0 amide bonds. The van der Waals surface area contributed by atoms with Gasteiger partial charge in [0.25, 0.3) is 0 Å². The molecule has 0 aliphatic heterocycles. The number of aryl methyl sites for hydroxylation is 1. The lowest BCUT2D eigenvalue weighted by Crippen LogP contribution is -2.42. The largest absolute Gasteiger partial charge is 0.392 e. The number of hydrogen-bond acceptors (Lipinski definition) is 1. The zero-order chi connectivity index (χ0) is 14.0. The van der Waals surface area contributed by atoms with Gasteiger partial charge in [-0.25, -0.2) is 0 Å². The van der Waals surface area contributed by atoms with E-state index >= 15 is 0 Å². The van der Waals surface area contributed by atoms with Gasteiger partial charge in [0.1, 0.15) is 0 Å². The van der Waals surface area contributed by atoms with E-state index in [4.69, 9.17) is 0 Å². The number of hydrogen-bond donors (Lipinski definition) is 1. The summed E-state index contributed by atoms with van der Waals surface area (Å²) in [7, 11) is 0. The van der Waals surface area contributed by atoms with E-state index in [9.17, 15) is 5.11 Å². The SMILES string of the molecule is Cc1cccc(C[C@@H](O)C2[C@@H](C)CCCC2(C)C)c1. The molecule has 0 bridgehead atoms. The van der Waals surface area contributed by atoms with Gasteiger partial charge in [0.2, 0.25) is 0 Å². The third kappa shape index (κ3) is 3.39. The molecule has 1 unspecified atom stereocenters. The molecule has 1 fully saturated rings. The van der Waals surface area contributed by atoms with Crippen molar-refractivity contribution in [1.29, 1.82) is 0 Å². The summed E-state index contributed by atoms with van der Waals surface area (Å²) >= 11 is 0. The van der Waals surface area contributed by atoms with Crippen LogP contribution in [-0.2, 0) is 6.42 Å². The van der Waals surface area contributed by atoms with Crippen molar-refractivity contribution in [2.75, 3.05) is 0 Å². The Kier molecular flexibility index (Phi) is 4.35. The number of aliphatic hydroxyl groups excluding tert-OH is 1. The Hall–Kier alpha value is -0.820. The molecule has 1 heteroatoms. The third-order valence-corrected chi connectivity index (χ3v) is 4.94. The average molecular weight is 260 g/mol. The fourth-order valence-corrected chi connectivity index (χ4v) is 4.10. The Morgan fingerprint density at radius 1 is 1.37 bits per heavy atom. The lowest BCUT2D eigenvalue weighted by atomic mass is 9.61. The van der Waals surface area contributed by atoms with Crippen molar-refractivity contribution in [2.24, 2.45) is 17.3 Å². The number of rotatable bonds is 3. The second kappa shape index (κ2) is 5.66. The van der Waals surface area contributed by atoms with Crippen LogP contribution >= 0.6 is 0 Å². The molecule has 1 N–H and O–H groups in total. The van der Waals surface area contributed by atoms with Crippen LogP contribution in [0.25, 0.3) is 0 Å². The summed E-state index contributed by atoms with van der Waals surface area (Å²) in [4.78, 5) is 0. The first kappa shape index (κ1) is 14.6. The summed E-state index contributed by atoms with van der Waals surface area (Å²) in [6, 6.07) is 8.54. The Labute approximate surface area is 118 Å². The molecule has 0 heterocycles. The van der Waals surface area contributed by atoms with E-state index < -0.39 is 0 Å². The van der Waals surface area contributed by atoms with Crippen LogP contribution in [0.1, 0.15) is 51.2 Å². The quantitative estimate of drug-likeness (QED) is 0.856. The molecule has 106 valence electrons. The zero-order valence-corrected chi connectivity index (χ0v) is 12.8. The molecule has 0 saturated heterocycles. The number of benzene rings is 1. The maximum Gasteiger partial charge on any atom is 0.0616 e. The molecule has 1 aliphatic rings. The highest BCUT2D eigenvalue weighted by Gasteiger charge is 2.40. The normalized spacial score (nSPS) is 28.1. The Morgan fingerprint density at radius 2 is 2.11 bits per heavy atom. The Morgan fingerprint density at radius 3 is 2.74 bits per heavy atom. The minimum absolute atomic E-state index is 0.216. The highest BCUT2D eigenvalue weighted by molar-refractivity contribution is 5.23. The molecule has 1 nitrogen and oxygen atoms in total. The van der Waals surface area contributed by atoms with Gasteiger partial charge in [-0.3, -0.25) is 0 Å². The van der Waals surface area contributed by atoms with Gasteiger partial charge in [0, 0.05) is 0 Å². The van der Waals surface area contributed by atoms with Crippen LogP contribution in [0.15, 0.2) is 24.3 Å². The van der Waals surface area contributed by atoms with E-state index in [1.165, 1.54) is 30.4 Å². The van der Waals surface area contributed by atoms with E-state index in [2.05, 4.69) is 52.0 Å². The van der Waals surface area contributed by atoms with Crippen molar-refractivity contribution in [3.8, 4) is 0 Å². The van der Waals surface area contributed by atoms with Crippen LogP contribution in [0.4, 0.5) is 0 Å². The first-order chi connectivity index (χ1) is 8.90. The molecule has 3 atom stereocenters. The minimum atomic E-state index is -0.216. The monoisotopic (exact) mass is 260 g/mol. The van der Waals surface area contributed by atoms with Crippen molar-refractivity contribution >= 4 is 0 Å². The van der Waals surface area contributed by atoms with Crippen LogP contribution in [0, 0.1) is 24.2 Å². The lowest BCUT2D eigenvalue weighted by molar-refractivity contribution is -0.0269. The summed E-state index contributed by atoms with van der Waals surface area (Å²) in [5, 5.41) is 10.7.